The van der Waals surface area contributed by atoms with Crippen LogP contribution in [0.25, 0.3) is 22.5 Å². The van der Waals surface area contributed by atoms with E-state index in [1.807, 2.05) is 16.9 Å². The summed E-state index contributed by atoms with van der Waals surface area (Å²) in [5.74, 6) is 1.32. The molecule has 8 rings (SSSR count). The number of hydrogen-bond donors (Lipinski definition) is 3. The lowest BCUT2D eigenvalue weighted by molar-refractivity contribution is -0.134. The first kappa shape index (κ1) is 31.2. The standard InChI is InChI=1S/C36H41N9O4/c37-35-27(20-28(40-41-35)26-4-1-2-7-32(26)46)29-21-38-45(42-29)24-14-16-43(17-15-24)23-10-8-22(9-11-23)25-5-3-6-30-34(25)49-19-18-44(30)31-12-13-33(47)39-36(31)48/h1-7,20-24,31,46H,8-19H2,(H2,37,41)(H,39,47,48)/t22?,23?,31-/m1/s1. The summed E-state index contributed by atoms with van der Waals surface area (Å²) in [6.07, 6.45) is 9.02. The van der Waals surface area contributed by atoms with Crippen molar-refractivity contribution in [1.82, 2.24) is 35.4 Å². The Bertz CT molecular complexity index is 1860. The molecule has 3 aliphatic heterocycles. The molecule has 1 atom stereocenters. The van der Waals surface area contributed by atoms with E-state index in [9.17, 15) is 14.7 Å². The van der Waals surface area contributed by atoms with Crippen molar-refractivity contribution in [3.63, 3.8) is 0 Å². The van der Waals surface area contributed by atoms with Gasteiger partial charge in [0.05, 0.1) is 30.2 Å². The van der Waals surface area contributed by atoms with Crippen molar-refractivity contribution in [3.8, 4) is 34.0 Å². The van der Waals surface area contributed by atoms with Crippen LogP contribution in [0.4, 0.5) is 11.5 Å². The number of imide groups is 1. The number of nitrogens with one attached hydrogen (secondary N) is 1. The molecule has 13 nitrogen and oxygen atoms in total. The number of fused-ring (bicyclic) bond motifs is 1. The van der Waals surface area contributed by atoms with Gasteiger partial charge in [0.25, 0.3) is 0 Å². The summed E-state index contributed by atoms with van der Waals surface area (Å²) in [4.78, 5) is 31.0. The van der Waals surface area contributed by atoms with Gasteiger partial charge in [0, 0.05) is 36.7 Å². The van der Waals surface area contributed by atoms with Gasteiger partial charge in [0.2, 0.25) is 11.8 Å². The fourth-order valence-electron chi connectivity index (χ4n) is 8.15. The second-order valence-corrected chi connectivity index (χ2v) is 13.6. The molecule has 2 amide bonds. The van der Waals surface area contributed by atoms with E-state index < -0.39 is 0 Å². The summed E-state index contributed by atoms with van der Waals surface area (Å²) in [7, 11) is 0. The Kier molecular flexibility index (Phi) is 8.36. The van der Waals surface area contributed by atoms with Gasteiger partial charge in [-0.3, -0.25) is 14.9 Å². The van der Waals surface area contributed by atoms with Crippen LogP contribution in [0.5, 0.6) is 11.5 Å². The van der Waals surface area contributed by atoms with Crippen molar-refractivity contribution in [2.75, 3.05) is 36.9 Å². The van der Waals surface area contributed by atoms with Crippen molar-refractivity contribution >= 4 is 23.3 Å². The van der Waals surface area contributed by atoms with Gasteiger partial charge in [0.1, 0.15) is 29.8 Å². The molecular formula is C36H41N9O4. The molecule has 49 heavy (non-hydrogen) atoms. The van der Waals surface area contributed by atoms with Crippen LogP contribution in [0.15, 0.2) is 54.7 Å². The zero-order chi connectivity index (χ0) is 33.5. The molecule has 0 unspecified atom stereocenters. The lowest BCUT2D eigenvalue weighted by atomic mass is 9.80. The van der Waals surface area contributed by atoms with Crippen molar-refractivity contribution in [2.24, 2.45) is 0 Å². The molecule has 0 bridgehead atoms. The van der Waals surface area contributed by atoms with Gasteiger partial charge in [-0.05, 0) is 80.7 Å². The second-order valence-electron chi connectivity index (χ2n) is 13.6. The van der Waals surface area contributed by atoms with Crippen LogP contribution in [0.3, 0.4) is 0 Å². The number of aromatic hydroxyl groups is 1. The van der Waals surface area contributed by atoms with E-state index >= 15 is 0 Å². The number of aromatic nitrogens is 5. The first-order valence-electron chi connectivity index (χ1n) is 17.4. The monoisotopic (exact) mass is 663 g/mol. The van der Waals surface area contributed by atoms with Crippen LogP contribution >= 0.6 is 0 Å². The Labute approximate surface area is 284 Å². The van der Waals surface area contributed by atoms with Gasteiger partial charge in [-0.2, -0.15) is 15.0 Å². The lowest BCUT2D eigenvalue weighted by Gasteiger charge is -2.42. The van der Waals surface area contributed by atoms with Crippen LogP contribution in [-0.2, 0) is 9.59 Å². The zero-order valence-corrected chi connectivity index (χ0v) is 27.4. The van der Waals surface area contributed by atoms with Gasteiger partial charge < -0.3 is 25.4 Å². The third kappa shape index (κ3) is 6.07. The molecule has 5 heterocycles. The molecule has 254 valence electrons. The highest BCUT2D eigenvalue weighted by Crippen LogP contribution is 2.45. The molecule has 13 heteroatoms. The number of rotatable bonds is 6. The fraction of sp³-hybridized carbons (Fsp3) is 0.444. The summed E-state index contributed by atoms with van der Waals surface area (Å²) in [6.45, 7) is 3.16. The number of carbonyl (C=O) groups is 2. The van der Waals surface area contributed by atoms with Crippen LogP contribution in [0.2, 0.25) is 0 Å². The number of para-hydroxylation sites is 2. The molecular weight excluding hydrogens is 622 g/mol. The average molecular weight is 664 g/mol. The summed E-state index contributed by atoms with van der Waals surface area (Å²) < 4.78 is 6.26. The zero-order valence-electron chi connectivity index (χ0n) is 27.4. The molecule has 2 saturated heterocycles. The molecule has 1 aliphatic carbocycles. The van der Waals surface area contributed by atoms with E-state index in [4.69, 9.17) is 15.6 Å². The van der Waals surface area contributed by atoms with E-state index in [0.717, 1.165) is 63.1 Å². The van der Waals surface area contributed by atoms with Crippen LogP contribution in [0, 0.1) is 0 Å². The van der Waals surface area contributed by atoms with Gasteiger partial charge in [0.15, 0.2) is 5.82 Å². The maximum absolute atomic E-state index is 12.7. The van der Waals surface area contributed by atoms with Gasteiger partial charge in [-0.1, -0.05) is 24.3 Å². The molecule has 4 aromatic rings. The van der Waals surface area contributed by atoms with E-state index in [0.29, 0.717) is 60.5 Å². The Morgan fingerprint density at radius 3 is 2.47 bits per heavy atom. The number of nitrogens with zero attached hydrogens (tertiary/aromatic N) is 7. The SMILES string of the molecule is Nc1nnc(-c2ccccc2O)cc1-c1cnn(C2CCN(C3CCC(c4cccc5c4OCCN5[C@@H]4CCC(=O)NC4=O)CC3)CC2)n1. The number of nitrogen functional groups attached to an aromatic ring is 1. The van der Waals surface area contributed by atoms with E-state index in [1.54, 1.807) is 30.5 Å². The first-order valence-corrected chi connectivity index (χ1v) is 17.4. The number of hydrogen-bond acceptors (Lipinski definition) is 11. The Morgan fingerprint density at radius 2 is 1.67 bits per heavy atom. The maximum atomic E-state index is 12.7. The molecule has 0 radical (unpaired) electrons. The minimum atomic E-state index is -0.341. The van der Waals surface area contributed by atoms with Gasteiger partial charge in [-0.15, -0.1) is 10.2 Å². The van der Waals surface area contributed by atoms with E-state index in [-0.39, 0.29) is 35.5 Å². The predicted octanol–water partition coefficient (Wildman–Crippen LogP) is 4.06. The second kappa shape index (κ2) is 13.1. The highest BCUT2D eigenvalue weighted by Gasteiger charge is 2.37. The highest BCUT2D eigenvalue weighted by atomic mass is 16.5. The van der Waals surface area contributed by atoms with Crippen molar-refractivity contribution in [3.05, 3.63) is 60.3 Å². The Morgan fingerprint density at radius 1 is 0.857 bits per heavy atom. The van der Waals surface area contributed by atoms with Crippen molar-refractivity contribution in [1.29, 1.82) is 0 Å². The number of piperidine rings is 2. The topological polar surface area (TPSA) is 165 Å². The van der Waals surface area contributed by atoms with Gasteiger partial charge in [-0.25, -0.2) is 0 Å². The largest absolute Gasteiger partial charge is 0.507 e. The molecule has 2 aromatic carbocycles. The quantitative estimate of drug-likeness (QED) is 0.255. The number of anilines is 2. The van der Waals surface area contributed by atoms with E-state index in [2.05, 4.69) is 42.5 Å². The minimum Gasteiger partial charge on any atom is -0.507 e. The molecule has 2 aromatic heterocycles. The Balaban J connectivity index is 0.884. The third-order valence-electron chi connectivity index (χ3n) is 10.8. The van der Waals surface area contributed by atoms with Crippen molar-refractivity contribution in [2.45, 2.75) is 75.4 Å². The first-order chi connectivity index (χ1) is 23.9. The number of carbonyl (C=O) groups excluding carboxylic acids is 2. The lowest BCUT2D eigenvalue weighted by Crippen LogP contribution is -2.54. The van der Waals surface area contributed by atoms with Gasteiger partial charge >= 0.3 is 0 Å². The summed E-state index contributed by atoms with van der Waals surface area (Å²) in [5.41, 5.74) is 10.8. The average Bonchev–Trinajstić information content (AvgIpc) is 3.62. The minimum absolute atomic E-state index is 0.128. The normalized spacial score (nSPS) is 23.5. The number of likely N-dealkylation sites (tertiary alicyclic amines) is 1. The molecule has 0 spiro atoms. The Hall–Kier alpha value is -5.04. The molecule has 4 aliphatic rings. The molecule has 1 saturated carbocycles. The number of phenols is 1. The highest BCUT2D eigenvalue weighted by molar-refractivity contribution is 6.02. The summed E-state index contributed by atoms with van der Waals surface area (Å²) in [6, 6.07) is 15.5. The third-order valence-corrected chi connectivity index (χ3v) is 10.8. The number of ether oxygens (including phenoxy) is 1. The number of phenolic OH excluding ortho intramolecular Hbond substituents is 1. The predicted molar refractivity (Wildman–Crippen MR) is 183 cm³/mol. The number of nitrogens with two attached hydrogens (primary N) is 1. The summed E-state index contributed by atoms with van der Waals surface area (Å²) >= 11 is 0. The fourth-order valence-corrected chi connectivity index (χ4v) is 8.15. The van der Waals surface area contributed by atoms with Crippen molar-refractivity contribution < 1.29 is 19.4 Å². The number of benzene rings is 2. The maximum Gasteiger partial charge on any atom is 0.249 e. The van der Waals surface area contributed by atoms with Crippen LogP contribution in [-0.4, -0.2) is 85.3 Å². The smallest absolute Gasteiger partial charge is 0.249 e. The van der Waals surface area contributed by atoms with Crippen LogP contribution in [0.1, 0.15) is 68.9 Å². The molecule has 3 fully saturated rings. The van der Waals surface area contributed by atoms with Crippen LogP contribution < -0.4 is 20.7 Å². The summed E-state index contributed by atoms with van der Waals surface area (Å²) in [5, 5.41) is 30.5. The van der Waals surface area contributed by atoms with E-state index in [1.165, 1.54) is 5.56 Å². The number of amides is 2. The molecule has 4 N–H and O–H groups in total.